The van der Waals surface area contributed by atoms with E-state index >= 15 is 0 Å². The molecule has 0 atom stereocenters. The molecule has 2 aromatic heterocycles. The van der Waals surface area contributed by atoms with E-state index < -0.39 is 4.92 Å². The Morgan fingerprint density at radius 1 is 1.33 bits per heavy atom. The fourth-order valence-electron chi connectivity index (χ4n) is 1.79. The van der Waals surface area contributed by atoms with Crippen LogP contribution < -0.4 is 11.3 Å². The van der Waals surface area contributed by atoms with Gasteiger partial charge in [-0.3, -0.25) is 10.1 Å². The SMILES string of the molecule is NNc1cn2ccnc2c(Sc2ccc([N+](=O)[O-])cc2)n1. The quantitative estimate of drug-likeness (QED) is 0.431. The van der Waals surface area contributed by atoms with Crippen molar-refractivity contribution in [2.24, 2.45) is 5.84 Å². The number of imidazole rings is 1. The van der Waals surface area contributed by atoms with Crippen LogP contribution in [-0.2, 0) is 0 Å². The molecule has 8 nitrogen and oxygen atoms in total. The summed E-state index contributed by atoms with van der Waals surface area (Å²) < 4.78 is 1.80. The minimum Gasteiger partial charge on any atom is -0.307 e. The van der Waals surface area contributed by atoms with Crippen LogP contribution in [0.1, 0.15) is 0 Å². The smallest absolute Gasteiger partial charge is 0.269 e. The van der Waals surface area contributed by atoms with Gasteiger partial charge in [0.1, 0.15) is 5.03 Å². The zero-order valence-electron chi connectivity index (χ0n) is 10.6. The highest BCUT2D eigenvalue weighted by Crippen LogP contribution is 2.30. The van der Waals surface area contributed by atoms with Gasteiger partial charge in [0.05, 0.1) is 11.1 Å². The highest BCUT2D eigenvalue weighted by molar-refractivity contribution is 7.99. The van der Waals surface area contributed by atoms with Gasteiger partial charge >= 0.3 is 0 Å². The molecule has 0 bridgehead atoms. The van der Waals surface area contributed by atoms with Crippen molar-refractivity contribution in [1.82, 2.24) is 14.4 Å². The first-order valence-electron chi connectivity index (χ1n) is 5.90. The molecular formula is C12H10N6O2S. The van der Waals surface area contributed by atoms with Crippen LogP contribution in [0.5, 0.6) is 0 Å². The normalized spacial score (nSPS) is 10.7. The summed E-state index contributed by atoms with van der Waals surface area (Å²) in [5.74, 6) is 5.90. The Balaban J connectivity index is 1.97. The number of nitro groups is 1. The first kappa shape index (κ1) is 13.3. The number of fused-ring (bicyclic) bond motifs is 1. The van der Waals surface area contributed by atoms with Crippen LogP contribution in [0, 0.1) is 10.1 Å². The number of rotatable bonds is 4. The highest BCUT2D eigenvalue weighted by Gasteiger charge is 2.10. The summed E-state index contributed by atoms with van der Waals surface area (Å²) in [4.78, 5) is 19.6. The molecule has 0 aliphatic rings. The Morgan fingerprint density at radius 3 is 2.76 bits per heavy atom. The number of non-ortho nitro benzene ring substituents is 1. The Hall–Kier alpha value is -2.65. The summed E-state index contributed by atoms with van der Waals surface area (Å²) in [7, 11) is 0. The molecule has 0 aliphatic carbocycles. The zero-order valence-corrected chi connectivity index (χ0v) is 11.4. The number of benzene rings is 1. The third kappa shape index (κ3) is 2.64. The fraction of sp³-hybridized carbons (Fsp3) is 0. The molecule has 3 N–H and O–H groups in total. The maximum atomic E-state index is 10.6. The lowest BCUT2D eigenvalue weighted by molar-refractivity contribution is -0.384. The minimum atomic E-state index is -0.432. The van der Waals surface area contributed by atoms with Crippen LogP contribution in [0.25, 0.3) is 5.65 Å². The monoisotopic (exact) mass is 302 g/mol. The summed E-state index contributed by atoms with van der Waals surface area (Å²) in [6, 6.07) is 6.26. The molecule has 9 heteroatoms. The lowest BCUT2D eigenvalue weighted by Gasteiger charge is -2.06. The van der Waals surface area contributed by atoms with E-state index in [1.54, 1.807) is 35.1 Å². The molecule has 3 rings (SSSR count). The predicted molar refractivity (Wildman–Crippen MR) is 78.0 cm³/mol. The van der Waals surface area contributed by atoms with E-state index in [1.165, 1.54) is 23.9 Å². The largest absolute Gasteiger partial charge is 0.307 e. The van der Waals surface area contributed by atoms with Crippen molar-refractivity contribution in [3.05, 3.63) is 53.0 Å². The number of hydrogen-bond acceptors (Lipinski definition) is 7. The lowest BCUT2D eigenvalue weighted by atomic mass is 10.3. The fourth-order valence-corrected chi connectivity index (χ4v) is 2.68. The van der Waals surface area contributed by atoms with Crippen LogP contribution in [0.4, 0.5) is 11.5 Å². The average Bonchev–Trinajstić information content (AvgIpc) is 2.96. The third-order valence-corrected chi connectivity index (χ3v) is 3.73. The van der Waals surface area contributed by atoms with Crippen molar-refractivity contribution in [2.75, 3.05) is 5.43 Å². The molecule has 0 unspecified atom stereocenters. The molecule has 0 fully saturated rings. The van der Waals surface area contributed by atoms with E-state index in [1.807, 2.05) is 0 Å². The topological polar surface area (TPSA) is 111 Å². The Kier molecular flexibility index (Phi) is 3.42. The van der Waals surface area contributed by atoms with Crippen LogP contribution >= 0.6 is 11.8 Å². The van der Waals surface area contributed by atoms with Gasteiger partial charge in [0, 0.05) is 29.4 Å². The minimum absolute atomic E-state index is 0.0515. The van der Waals surface area contributed by atoms with E-state index in [0.29, 0.717) is 16.5 Å². The van der Waals surface area contributed by atoms with Gasteiger partial charge in [-0.2, -0.15) is 0 Å². The van der Waals surface area contributed by atoms with Crippen molar-refractivity contribution < 1.29 is 4.92 Å². The molecule has 0 aliphatic heterocycles. The molecule has 21 heavy (non-hydrogen) atoms. The van der Waals surface area contributed by atoms with Crippen molar-refractivity contribution in [3.8, 4) is 0 Å². The third-order valence-electron chi connectivity index (χ3n) is 2.75. The molecule has 0 saturated heterocycles. The molecule has 106 valence electrons. The summed E-state index contributed by atoms with van der Waals surface area (Å²) >= 11 is 1.36. The van der Waals surface area contributed by atoms with Gasteiger partial charge in [0.15, 0.2) is 11.5 Å². The molecule has 0 amide bonds. The number of nitrogen functional groups attached to an aromatic ring is 1. The van der Waals surface area contributed by atoms with Crippen molar-refractivity contribution in [1.29, 1.82) is 0 Å². The second kappa shape index (κ2) is 5.38. The van der Waals surface area contributed by atoms with E-state index in [4.69, 9.17) is 5.84 Å². The summed E-state index contributed by atoms with van der Waals surface area (Å²) in [5, 5.41) is 11.3. The molecule has 3 aromatic rings. The number of anilines is 1. The number of nitro benzene ring substituents is 1. The van der Waals surface area contributed by atoms with Gasteiger partial charge in [-0.05, 0) is 12.1 Å². The first-order chi connectivity index (χ1) is 10.2. The summed E-state index contributed by atoms with van der Waals surface area (Å²) in [6.07, 6.45) is 5.18. The molecule has 2 heterocycles. The second-order valence-corrected chi connectivity index (χ2v) is 5.15. The zero-order chi connectivity index (χ0) is 14.8. The summed E-state index contributed by atoms with van der Waals surface area (Å²) in [5.41, 5.74) is 3.24. The Morgan fingerprint density at radius 2 is 2.10 bits per heavy atom. The van der Waals surface area contributed by atoms with Crippen LogP contribution in [0.15, 0.2) is 52.8 Å². The van der Waals surface area contributed by atoms with Crippen molar-refractivity contribution in [3.63, 3.8) is 0 Å². The standard InChI is InChI=1S/C12H10N6O2S/c13-16-10-7-17-6-5-14-11(17)12(15-10)21-9-3-1-8(2-4-9)18(19)20/h1-7,16H,13H2. The van der Waals surface area contributed by atoms with Gasteiger partial charge < -0.3 is 9.83 Å². The Labute approximate surface area is 123 Å². The van der Waals surface area contributed by atoms with Crippen LogP contribution in [0.2, 0.25) is 0 Å². The van der Waals surface area contributed by atoms with E-state index in [9.17, 15) is 10.1 Å². The number of nitrogens with zero attached hydrogens (tertiary/aromatic N) is 4. The molecule has 1 aromatic carbocycles. The number of nitrogens with one attached hydrogen (secondary N) is 1. The summed E-state index contributed by atoms with van der Waals surface area (Å²) in [6.45, 7) is 0. The second-order valence-electron chi connectivity index (χ2n) is 4.09. The lowest BCUT2D eigenvalue weighted by Crippen LogP contribution is -2.10. The maximum Gasteiger partial charge on any atom is 0.269 e. The average molecular weight is 302 g/mol. The van der Waals surface area contributed by atoms with Gasteiger partial charge in [-0.1, -0.05) is 11.8 Å². The molecule has 0 radical (unpaired) electrons. The number of hydrogen-bond donors (Lipinski definition) is 2. The van der Waals surface area contributed by atoms with Crippen LogP contribution in [-0.4, -0.2) is 19.3 Å². The van der Waals surface area contributed by atoms with Gasteiger partial charge in [-0.25, -0.2) is 15.8 Å². The van der Waals surface area contributed by atoms with E-state index in [2.05, 4.69) is 15.4 Å². The number of hydrazine groups is 1. The van der Waals surface area contributed by atoms with E-state index in [-0.39, 0.29) is 5.69 Å². The molecule has 0 saturated carbocycles. The number of aromatic nitrogens is 3. The van der Waals surface area contributed by atoms with Gasteiger partial charge in [0.2, 0.25) is 0 Å². The maximum absolute atomic E-state index is 10.6. The van der Waals surface area contributed by atoms with Gasteiger partial charge in [-0.15, -0.1) is 0 Å². The van der Waals surface area contributed by atoms with Crippen molar-refractivity contribution in [2.45, 2.75) is 9.92 Å². The molecular weight excluding hydrogens is 292 g/mol. The van der Waals surface area contributed by atoms with Gasteiger partial charge in [0.25, 0.3) is 5.69 Å². The number of nitrogens with two attached hydrogens (primary N) is 1. The van der Waals surface area contributed by atoms with E-state index in [0.717, 1.165) is 4.90 Å². The Bertz CT molecular complexity index is 801. The molecule has 0 spiro atoms. The first-order valence-corrected chi connectivity index (χ1v) is 6.71. The van der Waals surface area contributed by atoms with Crippen LogP contribution in [0.3, 0.4) is 0 Å². The highest BCUT2D eigenvalue weighted by atomic mass is 32.2. The predicted octanol–water partition coefficient (Wildman–Crippen LogP) is 2.07. The van der Waals surface area contributed by atoms with Crippen molar-refractivity contribution >= 4 is 28.9 Å².